The van der Waals surface area contributed by atoms with Gasteiger partial charge in [-0.3, -0.25) is 4.79 Å². The molecule has 0 amide bonds. The van der Waals surface area contributed by atoms with Gasteiger partial charge in [-0.1, -0.05) is 29.3 Å². The average Bonchev–Trinajstić information content (AvgIpc) is 3.24. The van der Waals surface area contributed by atoms with Crippen LogP contribution < -0.4 is 14.5 Å². The van der Waals surface area contributed by atoms with Crippen molar-refractivity contribution in [3.05, 3.63) is 73.7 Å². The number of methoxy groups -OCH3 is 2. The molecular weight excluding hydrogens is 465 g/mol. The lowest BCUT2D eigenvalue weighted by atomic mass is 10.0. The molecule has 0 spiro atoms. The Labute approximate surface area is 192 Å². The van der Waals surface area contributed by atoms with E-state index in [4.69, 9.17) is 37.4 Å². The number of nitrogens with one attached hydrogen (secondary N) is 1. The summed E-state index contributed by atoms with van der Waals surface area (Å²) in [5.74, 6) is 0.479. The van der Waals surface area contributed by atoms with Gasteiger partial charge in [0.1, 0.15) is 16.1 Å². The van der Waals surface area contributed by atoms with Crippen molar-refractivity contribution in [2.24, 2.45) is 0 Å². The predicted octanol–water partition coefficient (Wildman–Crippen LogP) is 4.66. The first-order chi connectivity index (χ1) is 14.5. The number of halogens is 2. The highest BCUT2D eigenvalue weighted by molar-refractivity contribution is 7.12. The van der Waals surface area contributed by atoms with Gasteiger partial charge < -0.3 is 19.7 Å². The van der Waals surface area contributed by atoms with E-state index in [1.165, 1.54) is 31.6 Å². The molecule has 31 heavy (non-hydrogen) atoms. The van der Waals surface area contributed by atoms with Crippen molar-refractivity contribution < 1.29 is 34.3 Å². The van der Waals surface area contributed by atoms with E-state index in [9.17, 15) is 9.59 Å². The molecule has 10 heteroatoms. The number of aldehydes is 1. The first-order valence-electron chi connectivity index (χ1n) is 8.77. The molecule has 3 aromatic rings. The van der Waals surface area contributed by atoms with E-state index in [-0.39, 0.29) is 11.9 Å². The van der Waals surface area contributed by atoms with Crippen molar-refractivity contribution in [2.45, 2.75) is 12.5 Å². The summed E-state index contributed by atoms with van der Waals surface area (Å²) in [4.78, 5) is 27.0. The second-order valence-electron chi connectivity index (χ2n) is 6.20. The molecule has 7 nitrogen and oxygen atoms in total. The molecule has 0 aliphatic heterocycles. The number of thiophene rings is 1. The average molecular weight is 484 g/mol. The van der Waals surface area contributed by atoms with Crippen LogP contribution in [0.2, 0.25) is 10.0 Å². The van der Waals surface area contributed by atoms with E-state index >= 15 is 0 Å². The molecule has 1 atom stereocenters. The Morgan fingerprint density at radius 3 is 2.39 bits per heavy atom. The minimum absolute atomic E-state index is 0. The van der Waals surface area contributed by atoms with Crippen LogP contribution in [-0.4, -0.2) is 32.0 Å². The van der Waals surface area contributed by atoms with Gasteiger partial charge in [0.05, 0.1) is 24.7 Å². The smallest absolute Gasteiger partial charge is 0.339 e. The van der Waals surface area contributed by atoms with E-state index in [1.807, 2.05) is 0 Å². The summed E-state index contributed by atoms with van der Waals surface area (Å²) < 4.78 is 16.4. The van der Waals surface area contributed by atoms with E-state index in [0.29, 0.717) is 49.4 Å². The Kier molecular flexibility index (Phi) is 8.82. The molecule has 0 saturated heterocycles. The zero-order valence-electron chi connectivity index (χ0n) is 16.6. The number of aromatic nitrogens is 1. The van der Waals surface area contributed by atoms with E-state index < -0.39 is 12.1 Å². The van der Waals surface area contributed by atoms with Crippen molar-refractivity contribution in [3.8, 4) is 11.5 Å². The predicted molar refractivity (Wildman–Crippen MR) is 116 cm³/mol. The maximum atomic E-state index is 12.7. The zero-order valence-corrected chi connectivity index (χ0v) is 18.9. The van der Waals surface area contributed by atoms with Gasteiger partial charge >= 0.3 is 5.97 Å². The van der Waals surface area contributed by atoms with E-state index in [2.05, 4.69) is 4.98 Å². The number of hydrogen-bond donors (Lipinski definition) is 0. The molecule has 0 aliphatic carbocycles. The number of hydrogen-bond acceptors (Lipinski definition) is 7. The van der Waals surface area contributed by atoms with Crippen LogP contribution in [0, 0.1) is 0 Å². The minimum atomic E-state index is -0.714. The molecule has 2 heterocycles. The molecule has 2 aromatic heterocycles. The van der Waals surface area contributed by atoms with Gasteiger partial charge in [-0.15, -0.1) is 11.3 Å². The number of benzene rings is 1. The van der Waals surface area contributed by atoms with Crippen molar-refractivity contribution in [1.82, 2.24) is 0 Å². The van der Waals surface area contributed by atoms with Crippen LogP contribution in [0.5, 0.6) is 11.5 Å². The molecule has 2 N–H and O–H groups in total. The van der Waals surface area contributed by atoms with E-state index in [0.717, 1.165) is 0 Å². The third kappa shape index (κ3) is 5.74. The Bertz CT molecular complexity index is 1050. The van der Waals surface area contributed by atoms with Crippen LogP contribution in [0.3, 0.4) is 0 Å². The summed E-state index contributed by atoms with van der Waals surface area (Å²) in [6.07, 6.45) is 3.41. The molecule has 1 aromatic carbocycles. The summed E-state index contributed by atoms with van der Waals surface area (Å²) in [6, 6.07) is 6.73. The van der Waals surface area contributed by atoms with Gasteiger partial charge in [-0.2, -0.15) is 0 Å². The van der Waals surface area contributed by atoms with Gasteiger partial charge in [-0.05, 0) is 23.8 Å². The third-order valence-electron chi connectivity index (χ3n) is 4.39. The fourth-order valence-electron chi connectivity index (χ4n) is 2.86. The SMILES string of the molecule is COc1ccc([C@H](Cc2c(Cl)c[nH+]cc2Cl)OC(=O)c2csc(C=O)c2)cc1OC.[OH-]. The molecular formula is C21H19Cl2NO6S. The lowest BCUT2D eigenvalue weighted by Gasteiger charge is -2.20. The van der Waals surface area contributed by atoms with E-state index in [1.54, 1.807) is 36.0 Å². The third-order valence-corrected chi connectivity index (χ3v) is 5.92. The number of esters is 1. The zero-order chi connectivity index (χ0) is 21.7. The molecule has 0 radical (unpaired) electrons. The van der Waals surface area contributed by atoms with Gasteiger partial charge in [0, 0.05) is 17.4 Å². The van der Waals surface area contributed by atoms with Crippen molar-refractivity contribution in [1.29, 1.82) is 0 Å². The van der Waals surface area contributed by atoms with Gasteiger partial charge in [0.25, 0.3) is 0 Å². The summed E-state index contributed by atoms with van der Waals surface area (Å²) in [7, 11) is 3.06. The standard InChI is InChI=1S/C21H17Cl2NO5S.H2O/c1-27-18-4-3-12(6-20(18)28-2)19(7-15-16(22)8-24-9-17(15)23)29-21(26)13-5-14(10-25)30-11-13;/h3-6,8-11,19H,7H2,1-2H3;1H2/t19-;/m0./s1. The lowest BCUT2D eigenvalue weighted by Crippen LogP contribution is -2.15. The van der Waals surface area contributed by atoms with Gasteiger partial charge in [-0.25, -0.2) is 9.78 Å². The summed E-state index contributed by atoms with van der Waals surface area (Å²) in [5.41, 5.74) is 1.60. The Morgan fingerprint density at radius 1 is 1.13 bits per heavy atom. The van der Waals surface area contributed by atoms with Crippen LogP contribution in [0.25, 0.3) is 0 Å². The summed E-state index contributed by atoms with van der Waals surface area (Å²) >= 11 is 13.8. The number of H-pyrrole nitrogens is 1. The Balaban J connectivity index is 0.00000341. The molecule has 0 bridgehead atoms. The molecule has 164 valence electrons. The fourth-order valence-corrected chi connectivity index (χ4v) is 4.07. The number of aromatic amines is 1. The van der Waals surface area contributed by atoms with Crippen LogP contribution in [0.1, 0.15) is 37.3 Å². The normalized spacial score (nSPS) is 11.2. The van der Waals surface area contributed by atoms with Crippen molar-refractivity contribution in [2.75, 3.05) is 14.2 Å². The van der Waals surface area contributed by atoms with Gasteiger partial charge in [0.2, 0.25) is 0 Å². The second-order valence-corrected chi connectivity index (χ2v) is 7.96. The van der Waals surface area contributed by atoms with Crippen LogP contribution in [0.4, 0.5) is 0 Å². The number of pyridine rings is 1. The van der Waals surface area contributed by atoms with Crippen molar-refractivity contribution in [3.63, 3.8) is 0 Å². The number of ether oxygens (including phenoxy) is 3. The first-order valence-corrected chi connectivity index (χ1v) is 10.4. The Morgan fingerprint density at radius 2 is 1.81 bits per heavy atom. The lowest BCUT2D eigenvalue weighted by molar-refractivity contribution is -0.377. The Hall–Kier alpha value is -2.65. The molecule has 0 aliphatic rings. The maximum Gasteiger partial charge on any atom is 0.339 e. The maximum absolute atomic E-state index is 12.7. The number of carbonyl (C=O) groups excluding carboxylic acids is 2. The molecule has 0 unspecified atom stereocenters. The second kappa shape index (κ2) is 11.1. The van der Waals surface area contributed by atoms with Crippen LogP contribution in [0.15, 0.2) is 42.0 Å². The monoisotopic (exact) mass is 483 g/mol. The highest BCUT2D eigenvalue weighted by atomic mass is 35.5. The van der Waals surface area contributed by atoms with Crippen LogP contribution >= 0.6 is 34.5 Å². The van der Waals surface area contributed by atoms with Crippen molar-refractivity contribution >= 4 is 46.8 Å². The molecule has 0 fully saturated rings. The number of rotatable bonds is 8. The summed E-state index contributed by atoms with van der Waals surface area (Å²) in [6.45, 7) is 0. The fraction of sp³-hybridized carbons (Fsp3) is 0.190. The minimum Gasteiger partial charge on any atom is -0.870 e. The quantitative estimate of drug-likeness (QED) is 0.340. The highest BCUT2D eigenvalue weighted by Gasteiger charge is 2.24. The summed E-state index contributed by atoms with van der Waals surface area (Å²) in [5, 5.41) is 2.42. The van der Waals surface area contributed by atoms with Gasteiger partial charge in [0.15, 0.2) is 30.2 Å². The highest BCUT2D eigenvalue weighted by Crippen LogP contribution is 2.35. The molecule has 0 saturated carbocycles. The largest absolute Gasteiger partial charge is 0.870 e. The first kappa shape index (κ1) is 24.6. The number of carbonyl (C=O) groups is 2. The topological polar surface area (TPSA) is 106 Å². The molecule has 3 rings (SSSR count). The van der Waals surface area contributed by atoms with Crippen LogP contribution in [-0.2, 0) is 11.2 Å².